The van der Waals surface area contributed by atoms with Gasteiger partial charge in [-0.1, -0.05) is 36.4 Å². The Balaban J connectivity index is 1.69. The molecule has 2 aromatic heterocycles. The first kappa shape index (κ1) is 20.2. The number of Topliss-reactive ketones (excluding diaryl/α,β-unsaturated/α-hetero) is 1. The largest absolute Gasteiger partial charge is 0.481 e. The molecule has 0 amide bonds. The molecule has 1 aliphatic heterocycles. The van der Waals surface area contributed by atoms with Crippen LogP contribution in [0.25, 0.3) is 5.65 Å². The summed E-state index contributed by atoms with van der Waals surface area (Å²) in [6.07, 6.45) is 1.76. The van der Waals surface area contributed by atoms with Gasteiger partial charge >= 0.3 is 5.56 Å². The third-order valence-electron chi connectivity index (χ3n) is 5.03. The van der Waals surface area contributed by atoms with Gasteiger partial charge in [0.15, 0.2) is 11.5 Å². The highest BCUT2D eigenvalue weighted by molar-refractivity contribution is 5.98. The Hall–Kier alpha value is -3.07. The Morgan fingerprint density at radius 3 is 2.60 bits per heavy atom. The van der Waals surface area contributed by atoms with E-state index >= 15 is 0 Å². The van der Waals surface area contributed by atoms with Crippen LogP contribution in [-0.2, 0) is 17.9 Å². The minimum Gasteiger partial charge on any atom is -0.481 e. The smallest absolute Gasteiger partial charge is 0.301 e. The summed E-state index contributed by atoms with van der Waals surface area (Å²) in [5.41, 5.74) is 7.32. The van der Waals surface area contributed by atoms with Gasteiger partial charge in [0.1, 0.15) is 12.3 Å². The first-order valence-electron chi connectivity index (χ1n) is 9.91. The average molecular weight is 408 g/mol. The summed E-state index contributed by atoms with van der Waals surface area (Å²) in [6.45, 7) is 3.71. The van der Waals surface area contributed by atoms with Gasteiger partial charge in [0.25, 0.3) is 0 Å². The number of aromatic nitrogens is 2. The number of benzene rings is 1. The van der Waals surface area contributed by atoms with Crippen molar-refractivity contribution in [2.75, 3.05) is 32.8 Å². The maximum atomic E-state index is 13.2. The van der Waals surface area contributed by atoms with E-state index in [0.29, 0.717) is 25.4 Å². The van der Waals surface area contributed by atoms with Crippen molar-refractivity contribution >= 4 is 11.4 Å². The van der Waals surface area contributed by atoms with Crippen LogP contribution in [0.2, 0.25) is 0 Å². The molecular weight excluding hydrogens is 384 g/mol. The molecule has 3 heterocycles. The van der Waals surface area contributed by atoms with Gasteiger partial charge in [0.05, 0.1) is 19.8 Å². The van der Waals surface area contributed by atoms with Gasteiger partial charge < -0.3 is 15.2 Å². The Bertz CT molecular complexity index is 1090. The van der Waals surface area contributed by atoms with Gasteiger partial charge in [0, 0.05) is 25.8 Å². The number of nitrogens with zero attached hydrogens (tertiary/aromatic N) is 3. The van der Waals surface area contributed by atoms with Crippen molar-refractivity contribution in [2.24, 2.45) is 5.73 Å². The van der Waals surface area contributed by atoms with Crippen LogP contribution in [0, 0.1) is 0 Å². The molecule has 0 spiro atoms. The zero-order chi connectivity index (χ0) is 20.9. The average Bonchev–Trinajstić information content (AvgIpc) is 2.79. The number of rotatable bonds is 7. The van der Waals surface area contributed by atoms with Crippen LogP contribution in [0.3, 0.4) is 0 Å². The van der Waals surface area contributed by atoms with E-state index in [1.165, 1.54) is 4.40 Å². The van der Waals surface area contributed by atoms with Crippen molar-refractivity contribution in [2.45, 2.75) is 13.2 Å². The van der Waals surface area contributed by atoms with Gasteiger partial charge in [0.2, 0.25) is 5.75 Å². The lowest BCUT2D eigenvalue weighted by atomic mass is 10.2. The standard InChI is InChI=1S/C22H24N4O4/c23-12-18(27)20-21(30-15-16-4-2-1-3-5-16)22(28)26-14-17(6-7-19(26)24-20)13-25-8-10-29-11-9-25/h1-7,14H,8-13,15,23H2. The SMILES string of the molecule is NCC(=O)c1nc2ccc(CN3CCOCC3)cn2c(=O)c1OCc1ccccc1. The van der Waals surface area contributed by atoms with Crippen LogP contribution in [-0.4, -0.2) is 52.9 Å². The lowest BCUT2D eigenvalue weighted by molar-refractivity contribution is 0.0341. The maximum absolute atomic E-state index is 13.2. The summed E-state index contributed by atoms with van der Waals surface area (Å²) in [4.78, 5) is 32.2. The molecule has 1 aromatic carbocycles. The Morgan fingerprint density at radius 1 is 1.10 bits per heavy atom. The summed E-state index contributed by atoms with van der Waals surface area (Å²) in [5.74, 6) is -0.509. The van der Waals surface area contributed by atoms with Crippen molar-refractivity contribution < 1.29 is 14.3 Å². The van der Waals surface area contributed by atoms with Crippen LogP contribution < -0.4 is 16.0 Å². The van der Waals surface area contributed by atoms with Gasteiger partial charge in [-0.05, 0) is 17.2 Å². The van der Waals surface area contributed by atoms with Crippen LogP contribution in [0.4, 0.5) is 0 Å². The van der Waals surface area contributed by atoms with E-state index in [4.69, 9.17) is 15.2 Å². The number of ether oxygens (including phenoxy) is 2. The third-order valence-corrected chi connectivity index (χ3v) is 5.03. The summed E-state index contributed by atoms with van der Waals surface area (Å²) < 4.78 is 12.6. The monoisotopic (exact) mass is 408 g/mol. The number of nitrogens with two attached hydrogens (primary N) is 1. The normalized spacial score (nSPS) is 14.7. The van der Waals surface area contributed by atoms with Crippen LogP contribution in [0.5, 0.6) is 5.75 Å². The molecule has 0 atom stereocenters. The summed E-state index contributed by atoms with van der Waals surface area (Å²) >= 11 is 0. The van der Waals surface area contributed by atoms with E-state index in [-0.39, 0.29) is 24.6 Å². The number of fused-ring (bicyclic) bond motifs is 1. The first-order valence-corrected chi connectivity index (χ1v) is 9.91. The predicted molar refractivity (Wildman–Crippen MR) is 112 cm³/mol. The second-order valence-corrected chi connectivity index (χ2v) is 7.15. The molecular formula is C22H24N4O4. The Morgan fingerprint density at radius 2 is 1.87 bits per heavy atom. The third kappa shape index (κ3) is 4.40. The number of carbonyl (C=O) groups excluding carboxylic acids is 1. The zero-order valence-electron chi connectivity index (χ0n) is 16.6. The summed E-state index contributed by atoms with van der Waals surface area (Å²) in [7, 11) is 0. The molecule has 2 N–H and O–H groups in total. The summed E-state index contributed by atoms with van der Waals surface area (Å²) in [5, 5.41) is 0. The second kappa shape index (κ2) is 9.17. The lowest BCUT2D eigenvalue weighted by Gasteiger charge is -2.26. The molecule has 0 unspecified atom stereocenters. The molecule has 1 aliphatic rings. The van der Waals surface area contributed by atoms with Gasteiger partial charge in [-0.25, -0.2) is 4.98 Å². The van der Waals surface area contributed by atoms with E-state index in [1.807, 2.05) is 36.4 Å². The van der Waals surface area contributed by atoms with Gasteiger partial charge in [-0.15, -0.1) is 0 Å². The number of hydrogen-bond acceptors (Lipinski definition) is 7. The first-order chi connectivity index (χ1) is 14.7. The molecule has 3 aromatic rings. The van der Waals surface area contributed by atoms with Crippen LogP contribution in [0.1, 0.15) is 21.6 Å². The van der Waals surface area contributed by atoms with E-state index in [9.17, 15) is 9.59 Å². The molecule has 8 nitrogen and oxygen atoms in total. The minimum atomic E-state index is -0.435. The van der Waals surface area contributed by atoms with Crippen LogP contribution in [0.15, 0.2) is 53.5 Å². The predicted octanol–water partition coefficient (Wildman–Crippen LogP) is 1.25. The zero-order valence-corrected chi connectivity index (χ0v) is 16.6. The number of ketones is 1. The molecule has 0 aliphatic carbocycles. The minimum absolute atomic E-state index is 0.0284. The molecule has 8 heteroatoms. The van der Waals surface area contributed by atoms with E-state index < -0.39 is 11.3 Å². The van der Waals surface area contributed by atoms with Crippen molar-refractivity contribution in [1.29, 1.82) is 0 Å². The molecule has 0 radical (unpaired) electrons. The molecule has 30 heavy (non-hydrogen) atoms. The quantitative estimate of drug-likeness (QED) is 0.587. The highest BCUT2D eigenvalue weighted by Gasteiger charge is 2.20. The summed E-state index contributed by atoms with van der Waals surface area (Å²) in [6, 6.07) is 13.1. The number of morpholine rings is 1. The fourth-order valence-electron chi connectivity index (χ4n) is 3.42. The molecule has 4 rings (SSSR count). The fourth-order valence-corrected chi connectivity index (χ4v) is 3.42. The number of pyridine rings is 1. The second-order valence-electron chi connectivity index (χ2n) is 7.15. The maximum Gasteiger partial charge on any atom is 0.301 e. The van der Waals surface area contributed by atoms with E-state index in [1.54, 1.807) is 12.3 Å². The highest BCUT2D eigenvalue weighted by Crippen LogP contribution is 2.16. The van der Waals surface area contributed by atoms with Gasteiger partial charge in [-0.3, -0.25) is 18.9 Å². The number of carbonyl (C=O) groups is 1. The molecule has 1 fully saturated rings. The van der Waals surface area contributed by atoms with Crippen molar-refractivity contribution in [3.8, 4) is 5.75 Å². The van der Waals surface area contributed by atoms with E-state index in [2.05, 4.69) is 9.88 Å². The Kier molecular flexibility index (Phi) is 6.18. The lowest BCUT2D eigenvalue weighted by Crippen LogP contribution is -2.35. The van der Waals surface area contributed by atoms with Gasteiger partial charge in [-0.2, -0.15) is 0 Å². The molecule has 156 valence electrons. The molecule has 0 saturated carbocycles. The topological polar surface area (TPSA) is 99.2 Å². The van der Waals surface area contributed by atoms with Crippen molar-refractivity contribution in [3.63, 3.8) is 0 Å². The highest BCUT2D eigenvalue weighted by atomic mass is 16.5. The molecule has 1 saturated heterocycles. The number of hydrogen-bond donors (Lipinski definition) is 1. The fraction of sp³-hybridized carbons (Fsp3) is 0.318. The van der Waals surface area contributed by atoms with Crippen molar-refractivity contribution in [1.82, 2.24) is 14.3 Å². The Labute approximate surface area is 173 Å². The molecule has 0 bridgehead atoms. The van der Waals surface area contributed by atoms with E-state index in [0.717, 1.165) is 24.2 Å². The van der Waals surface area contributed by atoms with Crippen LogP contribution >= 0.6 is 0 Å². The van der Waals surface area contributed by atoms with Crippen molar-refractivity contribution in [3.05, 3.63) is 75.8 Å².